The average molecular weight is 378 g/mol. The van der Waals surface area contributed by atoms with E-state index >= 15 is 0 Å². The predicted molar refractivity (Wildman–Crippen MR) is 91.5 cm³/mol. The Kier molecular flexibility index (Phi) is 6.14. The summed E-state index contributed by atoms with van der Waals surface area (Å²) < 4.78 is 28.8. The fourth-order valence-corrected chi connectivity index (χ4v) is 3.03. The fourth-order valence-electron chi connectivity index (χ4n) is 2.11. The molecule has 0 spiro atoms. The van der Waals surface area contributed by atoms with Gasteiger partial charge in [-0.15, -0.1) is 11.3 Å². The molecule has 1 heterocycles. The molecule has 0 aliphatic heterocycles. The van der Waals surface area contributed by atoms with Crippen molar-refractivity contribution in [3.63, 3.8) is 0 Å². The van der Waals surface area contributed by atoms with Gasteiger partial charge in [0.25, 0.3) is 0 Å². The van der Waals surface area contributed by atoms with Crippen LogP contribution in [0.1, 0.15) is 38.1 Å². The van der Waals surface area contributed by atoms with Gasteiger partial charge in [0.2, 0.25) is 0 Å². The molecular weight excluding hydrogens is 363 g/mol. The highest BCUT2D eigenvalue weighted by Gasteiger charge is 2.24. The van der Waals surface area contributed by atoms with Crippen molar-refractivity contribution in [3.05, 3.63) is 45.6 Å². The molecule has 0 fully saturated rings. The Morgan fingerprint density at radius 3 is 2.62 bits per heavy atom. The van der Waals surface area contributed by atoms with Crippen molar-refractivity contribution in [2.24, 2.45) is 0 Å². The number of nitrogen functional groups attached to an aromatic ring is 1. The first-order chi connectivity index (χ1) is 12.4. The van der Waals surface area contributed by atoms with E-state index in [1.807, 2.05) is 6.07 Å². The zero-order valence-electron chi connectivity index (χ0n) is 14.0. The van der Waals surface area contributed by atoms with Crippen molar-refractivity contribution in [3.8, 4) is 11.8 Å². The number of methoxy groups -OCH3 is 1. The lowest BCUT2D eigenvalue weighted by molar-refractivity contribution is 0.0448. The second-order valence-electron chi connectivity index (χ2n) is 4.90. The minimum atomic E-state index is -0.950. The van der Waals surface area contributed by atoms with Gasteiger partial charge in [-0.05, 0) is 19.1 Å². The first-order valence-electron chi connectivity index (χ1n) is 7.41. The zero-order chi connectivity index (χ0) is 19.3. The van der Waals surface area contributed by atoms with Crippen LogP contribution in [0.3, 0.4) is 0 Å². The lowest BCUT2D eigenvalue weighted by Crippen LogP contribution is -2.11. The van der Waals surface area contributed by atoms with E-state index in [1.165, 1.54) is 19.2 Å². The smallest absolute Gasteiger partial charge is 0.348 e. The molecule has 1 aromatic carbocycles. The van der Waals surface area contributed by atoms with Crippen LogP contribution in [0.2, 0.25) is 0 Å². The molecule has 1 aromatic heterocycles. The molecule has 2 N–H and O–H groups in total. The Hall–Kier alpha value is -3.12. The van der Waals surface area contributed by atoms with Crippen molar-refractivity contribution < 1.29 is 28.2 Å². The Balaban J connectivity index is 2.25. The third kappa shape index (κ3) is 3.92. The summed E-state index contributed by atoms with van der Waals surface area (Å²) in [6.07, 6.45) is 0. The number of ether oxygens (including phenoxy) is 3. The van der Waals surface area contributed by atoms with Crippen LogP contribution in [0.4, 0.5) is 9.39 Å². The molecule has 26 heavy (non-hydrogen) atoms. The predicted octanol–water partition coefficient (Wildman–Crippen LogP) is 2.88. The topological polar surface area (TPSA) is 112 Å². The number of rotatable bonds is 6. The maximum absolute atomic E-state index is 13.9. The van der Waals surface area contributed by atoms with Crippen LogP contribution >= 0.6 is 11.3 Å². The maximum Gasteiger partial charge on any atom is 0.348 e. The van der Waals surface area contributed by atoms with Crippen LogP contribution in [-0.2, 0) is 16.1 Å². The van der Waals surface area contributed by atoms with Crippen LogP contribution in [0.15, 0.2) is 18.2 Å². The fraction of sp³-hybridized carbons (Fsp3) is 0.235. The van der Waals surface area contributed by atoms with E-state index < -0.39 is 24.4 Å². The highest BCUT2D eigenvalue weighted by atomic mass is 32.1. The van der Waals surface area contributed by atoms with Gasteiger partial charge in [0.1, 0.15) is 34.1 Å². The van der Waals surface area contributed by atoms with Gasteiger partial charge in [-0.25, -0.2) is 14.0 Å². The SMILES string of the molecule is CCOC(=O)c1sc(N)c(C#N)c1COC(=O)c1ccc(OC)cc1F. The lowest BCUT2D eigenvalue weighted by Gasteiger charge is -2.08. The van der Waals surface area contributed by atoms with Gasteiger partial charge in [-0.1, -0.05) is 0 Å². The number of nitriles is 1. The molecule has 0 unspecified atom stereocenters. The highest BCUT2D eigenvalue weighted by Crippen LogP contribution is 2.32. The first-order valence-corrected chi connectivity index (χ1v) is 8.23. The van der Waals surface area contributed by atoms with Gasteiger partial charge in [0.05, 0.1) is 24.8 Å². The van der Waals surface area contributed by atoms with Crippen molar-refractivity contribution in [2.45, 2.75) is 13.5 Å². The minimum Gasteiger partial charge on any atom is -0.497 e. The van der Waals surface area contributed by atoms with Crippen LogP contribution in [0.25, 0.3) is 0 Å². The summed E-state index contributed by atoms with van der Waals surface area (Å²) in [5.74, 6) is -2.19. The number of carbonyl (C=O) groups is 2. The summed E-state index contributed by atoms with van der Waals surface area (Å²) in [5.41, 5.74) is 5.60. The number of nitrogens with two attached hydrogens (primary N) is 1. The van der Waals surface area contributed by atoms with Gasteiger partial charge in [0, 0.05) is 11.6 Å². The summed E-state index contributed by atoms with van der Waals surface area (Å²) in [6, 6.07) is 5.54. The standard InChI is InChI=1S/C17H15FN2O5S/c1-3-24-17(22)14-12(11(7-19)15(20)26-14)8-25-16(21)10-5-4-9(23-2)6-13(10)18/h4-6H,3,8,20H2,1-2H3. The average Bonchev–Trinajstić information content (AvgIpc) is 2.95. The maximum atomic E-state index is 13.9. The normalized spacial score (nSPS) is 10.1. The summed E-state index contributed by atoms with van der Waals surface area (Å²) in [5, 5.41) is 9.33. The molecular formula is C17H15FN2O5S. The molecule has 0 radical (unpaired) electrons. The van der Waals surface area contributed by atoms with E-state index in [2.05, 4.69) is 0 Å². The zero-order valence-corrected chi connectivity index (χ0v) is 14.8. The van der Waals surface area contributed by atoms with Crippen LogP contribution in [0.5, 0.6) is 5.75 Å². The molecule has 2 aromatic rings. The summed E-state index contributed by atoms with van der Waals surface area (Å²) in [4.78, 5) is 24.2. The van der Waals surface area contributed by atoms with Crippen molar-refractivity contribution in [1.29, 1.82) is 5.26 Å². The second kappa shape index (κ2) is 8.31. The summed E-state index contributed by atoms with van der Waals surface area (Å²) in [7, 11) is 1.37. The number of thiophene rings is 1. The molecule has 9 heteroatoms. The Morgan fingerprint density at radius 1 is 1.31 bits per heavy atom. The van der Waals surface area contributed by atoms with Gasteiger partial charge >= 0.3 is 11.9 Å². The van der Waals surface area contributed by atoms with E-state index in [1.54, 1.807) is 6.92 Å². The number of anilines is 1. The number of nitrogens with zero attached hydrogens (tertiary/aromatic N) is 1. The van der Waals surface area contributed by atoms with Crippen molar-refractivity contribution in [2.75, 3.05) is 19.5 Å². The summed E-state index contributed by atoms with van der Waals surface area (Å²) in [6.45, 7) is 1.34. The molecule has 0 amide bonds. The molecule has 136 valence electrons. The highest BCUT2D eigenvalue weighted by molar-refractivity contribution is 7.18. The number of hydrogen-bond acceptors (Lipinski definition) is 8. The largest absolute Gasteiger partial charge is 0.497 e. The molecule has 0 saturated carbocycles. The number of carbonyl (C=O) groups excluding carboxylic acids is 2. The molecule has 0 saturated heterocycles. The van der Waals surface area contributed by atoms with Crippen LogP contribution < -0.4 is 10.5 Å². The van der Waals surface area contributed by atoms with Gasteiger partial charge in [-0.2, -0.15) is 5.26 Å². The molecule has 0 atom stereocenters. The number of esters is 2. The molecule has 0 bridgehead atoms. The minimum absolute atomic E-state index is 0.0288. The van der Waals surface area contributed by atoms with Crippen LogP contribution in [-0.4, -0.2) is 25.7 Å². The van der Waals surface area contributed by atoms with Crippen molar-refractivity contribution >= 4 is 28.3 Å². The van der Waals surface area contributed by atoms with E-state index in [4.69, 9.17) is 19.9 Å². The number of halogens is 1. The molecule has 0 aliphatic rings. The quantitative estimate of drug-likeness (QED) is 0.769. The second-order valence-corrected chi connectivity index (χ2v) is 5.96. The van der Waals surface area contributed by atoms with E-state index in [0.29, 0.717) is 0 Å². The number of hydrogen-bond donors (Lipinski definition) is 1. The van der Waals surface area contributed by atoms with Gasteiger partial charge in [-0.3, -0.25) is 0 Å². The van der Waals surface area contributed by atoms with Gasteiger partial charge < -0.3 is 19.9 Å². The molecule has 0 aliphatic carbocycles. The monoisotopic (exact) mass is 378 g/mol. The van der Waals surface area contributed by atoms with Crippen molar-refractivity contribution in [1.82, 2.24) is 0 Å². The Morgan fingerprint density at radius 2 is 2.04 bits per heavy atom. The third-order valence-corrected chi connectivity index (χ3v) is 4.39. The summed E-state index contributed by atoms with van der Waals surface area (Å²) >= 11 is 0.868. The molecule has 7 nitrogen and oxygen atoms in total. The lowest BCUT2D eigenvalue weighted by atomic mass is 10.1. The molecule has 2 rings (SSSR count). The van der Waals surface area contributed by atoms with E-state index in [0.717, 1.165) is 17.4 Å². The van der Waals surface area contributed by atoms with E-state index in [-0.39, 0.29) is 38.9 Å². The Labute approximate surface area is 152 Å². The Bertz CT molecular complexity index is 888. The van der Waals surface area contributed by atoms with E-state index in [9.17, 15) is 19.2 Å². The third-order valence-electron chi connectivity index (χ3n) is 3.35. The van der Waals surface area contributed by atoms with Gasteiger partial charge in [0.15, 0.2) is 0 Å². The van der Waals surface area contributed by atoms with Crippen LogP contribution in [0, 0.1) is 17.1 Å². The first kappa shape index (κ1) is 19.2. The number of benzene rings is 1.